The van der Waals surface area contributed by atoms with E-state index in [1.54, 1.807) is 4.68 Å². The van der Waals surface area contributed by atoms with Crippen LogP contribution in [0.1, 0.15) is 42.9 Å². The first kappa shape index (κ1) is 13.0. The first-order valence-corrected chi connectivity index (χ1v) is 7.48. The molecular formula is C16H17F2N3. The van der Waals surface area contributed by atoms with Crippen molar-refractivity contribution in [3.05, 3.63) is 47.3 Å². The molecular weight excluding hydrogens is 272 g/mol. The van der Waals surface area contributed by atoms with Crippen LogP contribution in [0.25, 0.3) is 5.69 Å². The molecule has 2 aromatic rings. The summed E-state index contributed by atoms with van der Waals surface area (Å²) in [5.41, 5.74) is 2.54. The molecule has 2 fully saturated rings. The number of nitrogens with one attached hydrogen (secondary N) is 1. The van der Waals surface area contributed by atoms with Crippen LogP contribution in [0.2, 0.25) is 0 Å². The van der Waals surface area contributed by atoms with Crippen LogP contribution in [-0.2, 0) is 6.54 Å². The molecule has 2 saturated carbocycles. The third-order valence-corrected chi connectivity index (χ3v) is 4.15. The molecule has 0 unspecified atom stereocenters. The second-order valence-electron chi connectivity index (χ2n) is 5.99. The lowest BCUT2D eigenvalue weighted by Crippen LogP contribution is -2.16. The van der Waals surface area contributed by atoms with E-state index in [-0.39, 0.29) is 0 Å². The van der Waals surface area contributed by atoms with Gasteiger partial charge < -0.3 is 5.32 Å². The maximum atomic E-state index is 14.0. The van der Waals surface area contributed by atoms with E-state index in [0.29, 0.717) is 17.6 Å². The van der Waals surface area contributed by atoms with Crippen molar-refractivity contribution in [3.8, 4) is 5.69 Å². The van der Waals surface area contributed by atoms with Gasteiger partial charge in [0.2, 0.25) is 0 Å². The van der Waals surface area contributed by atoms with Crippen LogP contribution in [-0.4, -0.2) is 15.8 Å². The molecule has 1 aromatic heterocycles. The predicted molar refractivity (Wildman–Crippen MR) is 75.3 cm³/mol. The van der Waals surface area contributed by atoms with E-state index in [2.05, 4.69) is 10.4 Å². The highest BCUT2D eigenvalue weighted by Gasteiger charge is 2.32. The summed E-state index contributed by atoms with van der Waals surface area (Å²) in [7, 11) is 0. The molecule has 5 heteroatoms. The van der Waals surface area contributed by atoms with Crippen molar-refractivity contribution in [2.24, 2.45) is 0 Å². The zero-order valence-corrected chi connectivity index (χ0v) is 11.6. The van der Waals surface area contributed by atoms with Crippen LogP contribution in [0.5, 0.6) is 0 Å². The Kier molecular flexibility index (Phi) is 3.03. The van der Waals surface area contributed by atoms with Crippen molar-refractivity contribution < 1.29 is 8.78 Å². The van der Waals surface area contributed by atoms with Crippen LogP contribution >= 0.6 is 0 Å². The van der Waals surface area contributed by atoms with Gasteiger partial charge in [0.25, 0.3) is 0 Å². The Labute approximate surface area is 122 Å². The Hall–Kier alpha value is -1.75. The highest BCUT2D eigenvalue weighted by Crippen LogP contribution is 2.42. The molecule has 2 aliphatic carbocycles. The smallest absolute Gasteiger partial charge is 0.151 e. The van der Waals surface area contributed by atoms with Gasteiger partial charge in [0, 0.05) is 30.1 Å². The number of aromatic nitrogens is 2. The molecule has 0 amide bonds. The molecule has 0 bridgehead atoms. The third kappa shape index (κ3) is 2.58. The summed E-state index contributed by atoms with van der Waals surface area (Å²) in [5, 5.41) is 7.83. The van der Waals surface area contributed by atoms with Gasteiger partial charge in [-0.1, -0.05) is 0 Å². The van der Waals surface area contributed by atoms with Crippen molar-refractivity contribution in [1.82, 2.24) is 15.1 Å². The Balaban J connectivity index is 1.70. The average molecular weight is 289 g/mol. The SMILES string of the molecule is Fc1ccc(-n2ncc(CNC3CC3)c2C2CC2)c(F)c1. The lowest BCUT2D eigenvalue weighted by Gasteiger charge is -2.10. The third-order valence-electron chi connectivity index (χ3n) is 4.15. The Morgan fingerprint density at radius 3 is 2.67 bits per heavy atom. The molecule has 1 aromatic carbocycles. The molecule has 0 spiro atoms. The van der Waals surface area contributed by atoms with Gasteiger partial charge in [-0.2, -0.15) is 5.10 Å². The number of hydrogen-bond acceptors (Lipinski definition) is 2. The molecule has 0 aliphatic heterocycles. The minimum absolute atomic E-state index is 0.330. The predicted octanol–water partition coefficient (Wildman–Crippen LogP) is 3.28. The summed E-state index contributed by atoms with van der Waals surface area (Å²) >= 11 is 0. The van der Waals surface area contributed by atoms with E-state index in [1.807, 2.05) is 6.20 Å². The van der Waals surface area contributed by atoms with E-state index in [4.69, 9.17) is 0 Å². The van der Waals surface area contributed by atoms with Gasteiger partial charge >= 0.3 is 0 Å². The summed E-state index contributed by atoms with van der Waals surface area (Å²) in [6.07, 6.45) is 6.51. The lowest BCUT2D eigenvalue weighted by molar-refractivity contribution is 0.571. The van der Waals surface area contributed by atoms with Gasteiger partial charge in [0.1, 0.15) is 11.5 Å². The average Bonchev–Trinajstić information content (AvgIpc) is 3.37. The Morgan fingerprint density at radius 1 is 1.19 bits per heavy atom. The summed E-state index contributed by atoms with van der Waals surface area (Å²) < 4.78 is 28.7. The van der Waals surface area contributed by atoms with Gasteiger partial charge in [0.15, 0.2) is 5.82 Å². The maximum Gasteiger partial charge on any atom is 0.151 e. The van der Waals surface area contributed by atoms with Gasteiger partial charge in [-0.25, -0.2) is 13.5 Å². The van der Waals surface area contributed by atoms with Crippen LogP contribution in [0.4, 0.5) is 8.78 Å². The summed E-state index contributed by atoms with van der Waals surface area (Å²) in [5.74, 6) is -0.679. The van der Waals surface area contributed by atoms with Crippen molar-refractivity contribution in [3.63, 3.8) is 0 Å². The second kappa shape index (κ2) is 4.91. The number of halogens is 2. The van der Waals surface area contributed by atoms with Gasteiger partial charge in [0.05, 0.1) is 11.9 Å². The van der Waals surface area contributed by atoms with Crippen molar-refractivity contribution in [1.29, 1.82) is 0 Å². The quantitative estimate of drug-likeness (QED) is 0.915. The van der Waals surface area contributed by atoms with Crippen LogP contribution in [0.15, 0.2) is 24.4 Å². The fourth-order valence-corrected chi connectivity index (χ4v) is 2.71. The highest BCUT2D eigenvalue weighted by atomic mass is 19.1. The van der Waals surface area contributed by atoms with E-state index >= 15 is 0 Å². The molecule has 1 N–H and O–H groups in total. The zero-order chi connectivity index (χ0) is 14.4. The summed E-state index contributed by atoms with van der Waals surface area (Å²) in [6, 6.07) is 4.28. The molecule has 110 valence electrons. The molecule has 3 nitrogen and oxygen atoms in total. The Morgan fingerprint density at radius 2 is 2.00 bits per heavy atom. The first-order valence-electron chi connectivity index (χ1n) is 7.48. The lowest BCUT2D eigenvalue weighted by atomic mass is 10.1. The summed E-state index contributed by atoms with van der Waals surface area (Å²) in [6.45, 7) is 0.777. The topological polar surface area (TPSA) is 29.9 Å². The van der Waals surface area contributed by atoms with Crippen LogP contribution < -0.4 is 5.32 Å². The Bertz CT molecular complexity index is 672. The molecule has 0 atom stereocenters. The molecule has 2 aliphatic rings. The van der Waals surface area contributed by atoms with Gasteiger partial charge in [-0.3, -0.25) is 0 Å². The normalized spacial score (nSPS) is 18.2. The number of benzene rings is 1. The van der Waals surface area contributed by atoms with E-state index in [9.17, 15) is 8.78 Å². The minimum atomic E-state index is -0.568. The molecule has 4 rings (SSSR count). The van der Waals surface area contributed by atoms with Crippen molar-refractivity contribution >= 4 is 0 Å². The van der Waals surface area contributed by atoms with Gasteiger partial charge in [-0.05, 0) is 37.8 Å². The van der Waals surface area contributed by atoms with Crippen molar-refractivity contribution in [2.45, 2.75) is 44.2 Å². The fraction of sp³-hybridized carbons (Fsp3) is 0.438. The number of nitrogens with zero attached hydrogens (tertiary/aromatic N) is 2. The van der Waals surface area contributed by atoms with E-state index in [0.717, 1.165) is 36.7 Å². The zero-order valence-electron chi connectivity index (χ0n) is 11.6. The van der Waals surface area contributed by atoms with E-state index < -0.39 is 11.6 Å². The highest BCUT2D eigenvalue weighted by molar-refractivity contribution is 5.39. The summed E-state index contributed by atoms with van der Waals surface area (Å²) in [4.78, 5) is 0. The van der Waals surface area contributed by atoms with Crippen LogP contribution in [0.3, 0.4) is 0 Å². The second-order valence-corrected chi connectivity index (χ2v) is 5.99. The largest absolute Gasteiger partial charge is 0.310 e. The molecule has 21 heavy (non-hydrogen) atoms. The molecule has 0 saturated heterocycles. The standard InChI is InChI=1S/C16H17F2N3/c17-12-3-6-15(14(18)7-12)21-16(10-1-2-10)11(9-20-21)8-19-13-4-5-13/h3,6-7,9-10,13,19H,1-2,4-5,8H2. The number of rotatable bonds is 5. The minimum Gasteiger partial charge on any atom is -0.310 e. The maximum absolute atomic E-state index is 14.0. The number of hydrogen-bond donors (Lipinski definition) is 1. The monoisotopic (exact) mass is 289 g/mol. The molecule has 0 radical (unpaired) electrons. The fourth-order valence-electron chi connectivity index (χ4n) is 2.71. The van der Waals surface area contributed by atoms with Gasteiger partial charge in [-0.15, -0.1) is 0 Å². The van der Waals surface area contributed by atoms with Crippen molar-refractivity contribution in [2.75, 3.05) is 0 Å². The van der Waals surface area contributed by atoms with Crippen LogP contribution in [0, 0.1) is 11.6 Å². The van der Waals surface area contributed by atoms with E-state index in [1.165, 1.54) is 25.0 Å². The first-order chi connectivity index (χ1) is 10.2. The molecule has 1 heterocycles.